The zero-order valence-electron chi connectivity index (χ0n) is 16.7. The molecule has 6 amide bonds. The van der Waals surface area contributed by atoms with Crippen molar-refractivity contribution in [2.75, 3.05) is 19.8 Å². The van der Waals surface area contributed by atoms with Crippen LogP contribution in [0.15, 0.2) is 18.2 Å². The standard InChI is InChI=1S/C20H24N4O6/c1-20(12-6-7-14-15(10-12)30-9-8-29-14)17(26)24(19(28)23-20)11-16(25)22-18(27)21-13-4-2-3-5-13/h6-7,10,13H,2-5,8-9,11H2,1H3,(H,23,28)(H2,21,22,25,27)/t20-/m0/s1. The van der Waals surface area contributed by atoms with E-state index in [4.69, 9.17) is 9.47 Å². The number of rotatable bonds is 4. The summed E-state index contributed by atoms with van der Waals surface area (Å²) in [6.45, 7) is 1.84. The highest BCUT2D eigenvalue weighted by Gasteiger charge is 2.50. The van der Waals surface area contributed by atoms with Gasteiger partial charge in [-0.05, 0) is 37.5 Å². The summed E-state index contributed by atoms with van der Waals surface area (Å²) in [5, 5.41) is 7.54. The summed E-state index contributed by atoms with van der Waals surface area (Å²) in [4.78, 5) is 50.4. The maximum Gasteiger partial charge on any atom is 0.325 e. The Hall–Kier alpha value is -3.30. The van der Waals surface area contributed by atoms with Crippen LogP contribution < -0.4 is 25.4 Å². The third kappa shape index (κ3) is 3.77. The van der Waals surface area contributed by atoms with Crippen molar-refractivity contribution in [2.24, 2.45) is 0 Å². The fourth-order valence-corrected chi connectivity index (χ4v) is 3.99. The Labute approximate surface area is 173 Å². The van der Waals surface area contributed by atoms with Gasteiger partial charge < -0.3 is 20.1 Å². The highest BCUT2D eigenvalue weighted by molar-refractivity contribution is 6.10. The predicted octanol–water partition coefficient (Wildman–Crippen LogP) is 0.993. The molecule has 1 aromatic rings. The van der Waals surface area contributed by atoms with Gasteiger partial charge in [-0.1, -0.05) is 18.9 Å². The quantitative estimate of drug-likeness (QED) is 0.629. The second-order valence-electron chi connectivity index (χ2n) is 7.81. The van der Waals surface area contributed by atoms with Crippen LogP contribution in [-0.2, 0) is 15.1 Å². The van der Waals surface area contributed by atoms with Gasteiger partial charge in [-0.3, -0.25) is 19.8 Å². The van der Waals surface area contributed by atoms with Crippen molar-refractivity contribution in [3.8, 4) is 11.5 Å². The van der Waals surface area contributed by atoms with Crippen LogP contribution in [0, 0.1) is 0 Å². The molecule has 0 aromatic heterocycles. The number of hydrogen-bond donors (Lipinski definition) is 3. The molecule has 1 saturated carbocycles. The molecule has 10 heteroatoms. The average molecular weight is 416 g/mol. The molecule has 0 bridgehead atoms. The molecule has 0 spiro atoms. The van der Waals surface area contributed by atoms with Crippen molar-refractivity contribution in [2.45, 2.75) is 44.2 Å². The van der Waals surface area contributed by atoms with Crippen molar-refractivity contribution in [1.82, 2.24) is 20.9 Å². The van der Waals surface area contributed by atoms with E-state index in [1.54, 1.807) is 25.1 Å². The molecular formula is C20H24N4O6. The molecule has 4 rings (SSSR count). The molecule has 2 fully saturated rings. The van der Waals surface area contributed by atoms with E-state index in [1.165, 1.54) is 0 Å². The summed E-state index contributed by atoms with van der Waals surface area (Å²) in [6, 6.07) is 3.72. The lowest BCUT2D eigenvalue weighted by Gasteiger charge is -2.25. The number of nitrogens with one attached hydrogen (secondary N) is 3. The number of hydrogen-bond acceptors (Lipinski definition) is 6. The van der Waals surface area contributed by atoms with Crippen LogP contribution in [0.2, 0.25) is 0 Å². The zero-order valence-corrected chi connectivity index (χ0v) is 16.7. The van der Waals surface area contributed by atoms with Crippen LogP contribution in [0.25, 0.3) is 0 Å². The number of carbonyl (C=O) groups excluding carboxylic acids is 4. The molecule has 1 atom stereocenters. The van der Waals surface area contributed by atoms with Crippen molar-refractivity contribution < 1.29 is 28.7 Å². The van der Waals surface area contributed by atoms with Crippen molar-refractivity contribution in [3.05, 3.63) is 23.8 Å². The summed E-state index contributed by atoms with van der Waals surface area (Å²) in [5.41, 5.74) is -0.855. The summed E-state index contributed by atoms with van der Waals surface area (Å²) in [5.74, 6) is -0.271. The minimum absolute atomic E-state index is 0.0491. The first-order valence-electron chi connectivity index (χ1n) is 10.0. The summed E-state index contributed by atoms with van der Waals surface area (Å²) in [7, 11) is 0. The minimum atomic E-state index is -1.36. The summed E-state index contributed by atoms with van der Waals surface area (Å²) >= 11 is 0. The van der Waals surface area contributed by atoms with Gasteiger partial charge in [0.15, 0.2) is 11.5 Å². The van der Waals surface area contributed by atoms with Crippen molar-refractivity contribution in [1.29, 1.82) is 0 Å². The highest BCUT2D eigenvalue weighted by Crippen LogP contribution is 2.36. The molecule has 2 aliphatic heterocycles. The summed E-state index contributed by atoms with van der Waals surface area (Å²) < 4.78 is 11.0. The minimum Gasteiger partial charge on any atom is -0.486 e. The SMILES string of the molecule is C[C@@]1(c2ccc3c(c2)OCCO3)NC(=O)N(CC(=O)NC(=O)NC2CCCC2)C1=O. The first-order valence-corrected chi connectivity index (χ1v) is 10.0. The van der Waals surface area contributed by atoms with E-state index < -0.39 is 36.0 Å². The largest absolute Gasteiger partial charge is 0.486 e. The maximum atomic E-state index is 13.0. The van der Waals surface area contributed by atoms with E-state index >= 15 is 0 Å². The van der Waals surface area contributed by atoms with Crippen LogP contribution in [0.1, 0.15) is 38.2 Å². The lowest BCUT2D eigenvalue weighted by molar-refractivity contribution is -0.134. The number of fused-ring (bicyclic) bond motifs is 1. The molecule has 2 heterocycles. The van der Waals surface area contributed by atoms with E-state index in [9.17, 15) is 19.2 Å². The van der Waals surface area contributed by atoms with Gasteiger partial charge in [0.1, 0.15) is 25.3 Å². The Balaban J connectivity index is 1.41. The Kier molecular flexibility index (Phi) is 5.23. The number of ether oxygens (including phenoxy) is 2. The van der Waals surface area contributed by atoms with E-state index in [2.05, 4.69) is 16.0 Å². The van der Waals surface area contributed by atoms with Crippen LogP contribution in [0.3, 0.4) is 0 Å². The smallest absolute Gasteiger partial charge is 0.325 e. The molecule has 10 nitrogen and oxygen atoms in total. The van der Waals surface area contributed by atoms with E-state index in [0.29, 0.717) is 30.3 Å². The van der Waals surface area contributed by atoms with Crippen molar-refractivity contribution in [3.63, 3.8) is 0 Å². The predicted molar refractivity (Wildman–Crippen MR) is 104 cm³/mol. The van der Waals surface area contributed by atoms with Gasteiger partial charge in [0.05, 0.1) is 0 Å². The molecule has 3 aliphatic rings. The van der Waals surface area contributed by atoms with Crippen LogP contribution in [-0.4, -0.2) is 54.6 Å². The molecule has 1 aliphatic carbocycles. The number of nitrogens with zero attached hydrogens (tertiary/aromatic N) is 1. The van der Waals surface area contributed by atoms with Gasteiger partial charge in [-0.25, -0.2) is 9.59 Å². The first kappa shape index (κ1) is 20.0. The Morgan fingerprint density at radius 2 is 1.87 bits per heavy atom. The van der Waals surface area contributed by atoms with Gasteiger partial charge in [-0.2, -0.15) is 0 Å². The number of imide groups is 2. The van der Waals surface area contributed by atoms with Crippen molar-refractivity contribution >= 4 is 23.9 Å². The Morgan fingerprint density at radius 1 is 1.17 bits per heavy atom. The number of urea groups is 2. The lowest BCUT2D eigenvalue weighted by Crippen LogP contribution is -2.48. The van der Waals surface area contributed by atoms with Gasteiger partial charge in [0.2, 0.25) is 5.91 Å². The van der Waals surface area contributed by atoms with Gasteiger partial charge >= 0.3 is 12.1 Å². The topological polar surface area (TPSA) is 126 Å². The van der Waals surface area contributed by atoms with Gasteiger partial charge in [-0.15, -0.1) is 0 Å². The molecular weight excluding hydrogens is 392 g/mol. The normalized spacial score (nSPS) is 23.3. The molecule has 0 radical (unpaired) electrons. The Morgan fingerprint density at radius 3 is 2.60 bits per heavy atom. The van der Waals surface area contributed by atoms with Crippen LogP contribution >= 0.6 is 0 Å². The molecule has 160 valence electrons. The second kappa shape index (κ2) is 7.85. The molecule has 1 aromatic carbocycles. The third-order valence-electron chi connectivity index (χ3n) is 5.64. The fraction of sp³-hybridized carbons (Fsp3) is 0.500. The molecule has 30 heavy (non-hydrogen) atoms. The molecule has 3 N–H and O–H groups in total. The third-order valence-corrected chi connectivity index (χ3v) is 5.64. The van der Waals surface area contributed by atoms with Crippen LogP contribution in [0.5, 0.6) is 11.5 Å². The van der Waals surface area contributed by atoms with E-state index in [-0.39, 0.29) is 6.04 Å². The first-order chi connectivity index (χ1) is 14.4. The molecule has 1 saturated heterocycles. The van der Waals surface area contributed by atoms with E-state index in [1.807, 2.05) is 0 Å². The molecule has 0 unspecified atom stereocenters. The summed E-state index contributed by atoms with van der Waals surface area (Å²) in [6.07, 6.45) is 3.84. The zero-order chi connectivity index (χ0) is 21.3. The number of carbonyl (C=O) groups is 4. The van der Waals surface area contributed by atoms with Gasteiger partial charge in [0, 0.05) is 6.04 Å². The number of benzene rings is 1. The highest BCUT2D eigenvalue weighted by atomic mass is 16.6. The van der Waals surface area contributed by atoms with Gasteiger partial charge in [0.25, 0.3) is 5.91 Å². The fourth-order valence-electron chi connectivity index (χ4n) is 3.99. The average Bonchev–Trinajstić information content (AvgIpc) is 3.30. The Bertz CT molecular complexity index is 897. The maximum absolute atomic E-state index is 13.0. The monoisotopic (exact) mass is 416 g/mol. The van der Waals surface area contributed by atoms with E-state index in [0.717, 1.165) is 30.6 Å². The second-order valence-corrected chi connectivity index (χ2v) is 7.81. The van der Waals surface area contributed by atoms with Crippen LogP contribution in [0.4, 0.5) is 9.59 Å². The lowest BCUT2D eigenvalue weighted by atomic mass is 9.91. The number of amides is 6.